The average Bonchev–Trinajstić information content (AvgIpc) is 2.18. The zero-order valence-electron chi connectivity index (χ0n) is 8.64. The van der Waals surface area contributed by atoms with Crippen LogP contribution >= 0.6 is 0 Å². The zero-order valence-corrected chi connectivity index (χ0v) is 8.64. The van der Waals surface area contributed by atoms with Crippen LogP contribution in [0.5, 0.6) is 0 Å². The van der Waals surface area contributed by atoms with Gasteiger partial charge in [0.05, 0.1) is 6.10 Å². The van der Waals surface area contributed by atoms with Crippen LogP contribution in [0.3, 0.4) is 0 Å². The largest absolute Gasteiger partial charge is 0.388 e. The van der Waals surface area contributed by atoms with Gasteiger partial charge in [-0.3, -0.25) is 0 Å². The molecule has 0 amide bonds. The molecule has 2 atom stereocenters. The van der Waals surface area contributed by atoms with E-state index in [1.54, 1.807) is 12.5 Å². The van der Waals surface area contributed by atoms with Crippen LogP contribution in [-0.2, 0) is 6.42 Å². The molecule has 0 bridgehead atoms. The van der Waals surface area contributed by atoms with Gasteiger partial charge in [-0.2, -0.15) is 0 Å². The molecule has 2 unspecified atom stereocenters. The standard InChI is InChI=1S/C11H16N2O/c1-7(2)8-3-4-10-9(11(8)14)5-12-6-13-10/h5-8,11,14H,3-4H2,1-2H3. The Labute approximate surface area is 84.2 Å². The van der Waals surface area contributed by atoms with Crippen molar-refractivity contribution in [2.24, 2.45) is 11.8 Å². The third-order valence-corrected chi connectivity index (χ3v) is 3.12. The van der Waals surface area contributed by atoms with Crippen molar-refractivity contribution >= 4 is 0 Å². The number of aliphatic hydroxyl groups is 1. The number of fused-ring (bicyclic) bond motifs is 1. The summed E-state index contributed by atoms with van der Waals surface area (Å²) in [5, 5.41) is 10.1. The molecule has 3 heteroatoms. The van der Waals surface area contributed by atoms with E-state index in [0.29, 0.717) is 11.8 Å². The molecule has 1 heterocycles. The fraction of sp³-hybridized carbons (Fsp3) is 0.636. The summed E-state index contributed by atoms with van der Waals surface area (Å²) in [6.07, 6.45) is 4.93. The molecule has 0 fully saturated rings. The van der Waals surface area contributed by atoms with Gasteiger partial charge < -0.3 is 5.11 Å². The molecular weight excluding hydrogens is 176 g/mol. The molecule has 0 aromatic carbocycles. The second kappa shape index (κ2) is 3.65. The van der Waals surface area contributed by atoms with E-state index in [1.807, 2.05) is 0 Å². The highest BCUT2D eigenvalue weighted by molar-refractivity contribution is 5.22. The maximum absolute atomic E-state index is 10.1. The highest BCUT2D eigenvalue weighted by Crippen LogP contribution is 2.36. The molecule has 1 aromatic heterocycles. The summed E-state index contributed by atoms with van der Waals surface area (Å²) in [4.78, 5) is 8.16. The Bertz CT molecular complexity index is 325. The van der Waals surface area contributed by atoms with E-state index in [9.17, 15) is 5.11 Å². The third kappa shape index (κ3) is 1.52. The Balaban J connectivity index is 2.31. The zero-order chi connectivity index (χ0) is 10.1. The predicted octanol–water partition coefficient (Wildman–Crippen LogP) is 1.73. The quantitative estimate of drug-likeness (QED) is 0.737. The Morgan fingerprint density at radius 2 is 2.29 bits per heavy atom. The van der Waals surface area contributed by atoms with Crippen molar-refractivity contribution in [3.8, 4) is 0 Å². The molecular formula is C11H16N2O. The van der Waals surface area contributed by atoms with E-state index in [4.69, 9.17) is 0 Å². The van der Waals surface area contributed by atoms with Gasteiger partial charge in [0.25, 0.3) is 0 Å². The van der Waals surface area contributed by atoms with E-state index < -0.39 is 0 Å². The fourth-order valence-electron chi connectivity index (χ4n) is 2.21. The lowest BCUT2D eigenvalue weighted by molar-refractivity contribution is 0.0656. The van der Waals surface area contributed by atoms with Crippen molar-refractivity contribution < 1.29 is 5.11 Å². The van der Waals surface area contributed by atoms with Crippen molar-refractivity contribution in [3.05, 3.63) is 23.8 Å². The normalized spacial score (nSPS) is 26.3. The van der Waals surface area contributed by atoms with Crippen LogP contribution in [0.15, 0.2) is 12.5 Å². The molecule has 14 heavy (non-hydrogen) atoms. The Hall–Kier alpha value is -0.960. The van der Waals surface area contributed by atoms with Gasteiger partial charge in [-0.25, -0.2) is 9.97 Å². The molecule has 1 N–H and O–H groups in total. The van der Waals surface area contributed by atoms with Gasteiger partial charge in [0, 0.05) is 17.5 Å². The minimum absolute atomic E-state index is 0.355. The average molecular weight is 192 g/mol. The van der Waals surface area contributed by atoms with Crippen LogP contribution in [0.1, 0.15) is 37.6 Å². The van der Waals surface area contributed by atoms with Gasteiger partial charge >= 0.3 is 0 Å². The lowest BCUT2D eigenvalue weighted by atomic mass is 9.78. The van der Waals surface area contributed by atoms with Gasteiger partial charge in [0.2, 0.25) is 0 Å². The van der Waals surface area contributed by atoms with Crippen molar-refractivity contribution in [2.75, 3.05) is 0 Å². The van der Waals surface area contributed by atoms with Gasteiger partial charge in [-0.1, -0.05) is 13.8 Å². The molecule has 0 aliphatic heterocycles. The fourth-order valence-corrected chi connectivity index (χ4v) is 2.21. The first-order valence-electron chi connectivity index (χ1n) is 5.17. The number of aryl methyl sites for hydroxylation is 1. The summed E-state index contributed by atoms with van der Waals surface area (Å²) in [5.41, 5.74) is 1.95. The molecule has 1 aliphatic carbocycles. The minimum atomic E-state index is -0.375. The van der Waals surface area contributed by atoms with Crippen LogP contribution in [0, 0.1) is 11.8 Å². The third-order valence-electron chi connectivity index (χ3n) is 3.12. The second-order valence-electron chi connectivity index (χ2n) is 4.32. The van der Waals surface area contributed by atoms with E-state index in [1.165, 1.54) is 0 Å². The van der Waals surface area contributed by atoms with Gasteiger partial charge in [-0.15, -0.1) is 0 Å². The number of nitrogens with zero attached hydrogens (tertiary/aromatic N) is 2. The molecule has 1 aromatic rings. The smallest absolute Gasteiger partial charge is 0.115 e. The van der Waals surface area contributed by atoms with Crippen molar-refractivity contribution in [1.82, 2.24) is 9.97 Å². The molecule has 0 spiro atoms. The molecule has 0 saturated carbocycles. The van der Waals surface area contributed by atoms with Crippen LogP contribution in [0.4, 0.5) is 0 Å². The van der Waals surface area contributed by atoms with Crippen molar-refractivity contribution in [1.29, 1.82) is 0 Å². The first-order chi connectivity index (χ1) is 6.70. The van der Waals surface area contributed by atoms with Crippen LogP contribution in [0.2, 0.25) is 0 Å². The van der Waals surface area contributed by atoms with Crippen LogP contribution in [-0.4, -0.2) is 15.1 Å². The molecule has 0 radical (unpaired) electrons. The number of aliphatic hydroxyl groups excluding tert-OH is 1. The molecule has 0 saturated heterocycles. The minimum Gasteiger partial charge on any atom is -0.388 e. The predicted molar refractivity (Wildman–Crippen MR) is 53.6 cm³/mol. The topological polar surface area (TPSA) is 46.0 Å². The molecule has 1 aliphatic rings. The first-order valence-corrected chi connectivity index (χ1v) is 5.17. The van der Waals surface area contributed by atoms with E-state index in [2.05, 4.69) is 23.8 Å². The summed E-state index contributed by atoms with van der Waals surface area (Å²) in [6, 6.07) is 0. The SMILES string of the molecule is CC(C)C1CCc2ncncc2C1O. The lowest BCUT2D eigenvalue weighted by Gasteiger charge is -2.31. The summed E-state index contributed by atoms with van der Waals surface area (Å²) >= 11 is 0. The Kier molecular flexibility index (Phi) is 2.50. The first kappa shape index (κ1) is 9.59. The molecule has 76 valence electrons. The summed E-state index contributed by atoms with van der Waals surface area (Å²) in [5.74, 6) is 0.867. The lowest BCUT2D eigenvalue weighted by Crippen LogP contribution is -2.25. The van der Waals surface area contributed by atoms with Crippen molar-refractivity contribution in [3.63, 3.8) is 0 Å². The maximum Gasteiger partial charge on any atom is 0.115 e. The van der Waals surface area contributed by atoms with E-state index in [0.717, 1.165) is 24.1 Å². The van der Waals surface area contributed by atoms with Crippen LogP contribution < -0.4 is 0 Å². The number of rotatable bonds is 1. The van der Waals surface area contributed by atoms with Gasteiger partial charge in [0.15, 0.2) is 0 Å². The maximum atomic E-state index is 10.1. The number of aromatic nitrogens is 2. The van der Waals surface area contributed by atoms with E-state index >= 15 is 0 Å². The number of hydrogen-bond acceptors (Lipinski definition) is 3. The highest BCUT2D eigenvalue weighted by atomic mass is 16.3. The highest BCUT2D eigenvalue weighted by Gasteiger charge is 2.30. The second-order valence-corrected chi connectivity index (χ2v) is 4.32. The monoisotopic (exact) mass is 192 g/mol. The van der Waals surface area contributed by atoms with E-state index in [-0.39, 0.29) is 6.10 Å². The van der Waals surface area contributed by atoms with Gasteiger partial charge in [-0.05, 0) is 24.7 Å². The van der Waals surface area contributed by atoms with Crippen LogP contribution in [0.25, 0.3) is 0 Å². The Morgan fingerprint density at radius 1 is 1.50 bits per heavy atom. The van der Waals surface area contributed by atoms with Crippen molar-refractivity contribution in [2.45, 2.75) is 32.8 Å². The summed E-state index contributed by atoms with van der Waals surface area (Å²) in [7, 11) is 0. The molecule has 3 nitrogen and oxygen atoms in total. The number of hydrogen-bond donors (Lipinski definition) is 1. The Morgan fingerprint density at radius 3 is 3.00 bits per heavy atom. The summed E-state index contributed by atoms with van der Waals surface area (Å²) < 4.78 is 0. The molecule has 2 rings (SSSR count). The summed E-state index contributed by atoms with van der Waals surface area (Å²) in [6.45, 7) is 4.31. The van der Waals surface area contributed by atoms with Gasteiger partial charge in [0.1, 0.15) is 6.33 Å².